The zero-order chi connectivity index (χ0) is 9.52. The van der Waals surface area contributed by atoms with Crippen molar-refractivity contribution in [3.8, 4) is 0 Å². The van der Waals surface area contributed by atoms with Crippen molar-refractivity contribution in [2.75, 3.05) is 6.61 Å². The number of aromatic nitrogens is 2. The van der Waals surface area contributed by atoms with Crippen LogP contribution in [0.1, 0.15) is 32.5 Å². The van der Waals surface area contributed by atoms with Gasteiger partial charge in [0.15, 0.2) is 0 Å². The number of aryl methyl sites for hydroxylation is 1. The fraction of sp³-hybridized carbons (Fsp3) is 0.700. The van der Waals surface area contributed by atoms with Crippen molar-refractivity contribution in [1.29, 1.82) is 0 Å². The van der Waals surface area contributed by atoms with Crippen molar-refractivity contribution in [1.82, 2.24) is 9.97 Å². The highest BCUT2D eigenvalue weighted by atomic mass is 16.5. The first-order valence-corrected chi connectivity index (χ1v) is 4.89. The van der Waals surface area contributed by atoms with Gasteiger partial charge < -0.3 is 9.72 Å². The Morgan fingerprint density at radius 3 is 2.92 bits per heavy atom. The molecule has 74 valence electrons. The van der Waals surface area contributed by atoms with Crippen LogP contribution in [0.2, 0.25) is 0 Å². The number of nitrogens with zero attached hydrogens (tertiary/aromatic N) is 1. The first-order valence-electron chi connectivity index (χ1n) is 4.89. The average Bonchev–Trinajstić information content (AvgIpc) is 2.55. The van der Waals surface area contributed by atoms with Crippen molar-refractivity contribution < 1.29 is 4.74 Å². The quantitative estimate of drug-likeness (QED) is 0.684. The topological polar surface area (TPSA) is 37.9 Å². The number of ether oxygens (including phenoxy) is 1. The van der Waals surface area contributed by atoms with Gasteiger partial charge in [-0.25, -0.2) is 4.98 Å². The predicted molar refractivity (Wildman–Crippen MR) is 52.6 cm³/mol. The first kappa shape index (κ1) is 10.3. The van der Waals surface area contributed by atoms with Crippen LogP contribution in [0.25, 0.3) is 0 Å². The average molecular weight is 182 g/mol. The summed E-state index contributed by atoms with van der Waals surface area (Å²) in [4.78, 5) is 7.24. The predicted octanol–water partition coefficient (Wildman–Crippen LogP) is 2.16. The third kappa shape index (κ3) is 4.68. The molecular weight excluding hydrogens is 164 g/mol. The van der Waals surface area contributed by atoms with Gasteiger partial charge in [-0.15, -0.1) is 0 Å². The Kier molecular flexibility index (Phi) is 4.54. The maximum Gasteiger partial charge on any atom is 0.105 e. The van der Waals surface area contributed by atoms with Crippen molar-refractivity contribution in [2.24, 2.45) is 0 Å². The number of hydrogen-bond donors (Lipinski definition) is 1. The molecule has 0 unspecified atom stereocenters. The monoisotopic (exact) mass is 182 g/mol. The molecule has 13 heavy (non-hydrogen) atoms. The van der Waals surface area contributed by atoms with E-state index in [1.165, 1.54) is 0 Å². The summed E-state index contributed by atoms with van der Waals surface area (Å²) < 4.78 is 5.43. The summed E-state index contributed by atoms with van der Waals surface area (Å²) in [7, 11) is 0. The Labute approximate surface area is 79.5 Å². The van der Waals surface area contributed by atoms with Gasteiger partial charge >= 0.3 is 0 Å². The minimum atomic E-state index is 0.351. The minimum Gasteiger partial charge on any atom is -0.379 e. The third-order valence-corrected chi connectivity index (χ3v) is 1.81. The Morgan fingerprint density at radius 2 is 2.31 bits per heavy atom. The highest BCUT2D eigenvalue weighted by Gasteiger charge is 1.96. The maximum atomic E-state index is 5.43. The second-order valence-electron chi connectivity index (χ2n) is 3.41. The van der Waals surface area contributed by atoms with E-state index in [2.05, 4.69) is 23.8 Å². The summed E-state index contributed by atoms with van der Waals surface area (Å²) in [5.74, 6) is 1.07. The second-order valence-corrected chi connectivity index (χ2v) is 3.41. The Morgan fingerprint density at radius 1 is 1.46 bits per heavy atom. The van der Waals surface area contributed by atoms with E-state index in [-0.39, 0.29) is 0 Å². The van der Waals surface area contributed by atoms with Crippen molar-refractivity contribution in [3.63, 3.8) is 0 Å². The Hall–Kier alpha value is -0.830. The fourth-order valence-electron chi connectivity index (χ4n) is 1.15. The Balaban J connectivity index is 1.96. The number of H-pyrrole nitrogens is 1. The van der Waals surface area contributed by atoms with Crippen LogP contribution in [0.5, 0.6) is 0 Å². The van der Waals surface area contributed by atoms with E-state index in [0.29, 0.717) is 6.10 Å². The van der Waals surface area contributed by atoms with Gasteiger partial charge in [0.25, 0.3) is 0 Å². The molecule has 1 aromatic heterocycles. The molecule has 0 saturated heterocycles. The van der Waals surface area contributed by atoms with Gasteiger partial charge in [-0.05, 0) is 26.7 Å². The van der Waals surface area contributed by atoms with Crippen molar-refractivity contribution in [3.05, 3.63) is 18.2 Å². The lowest BCUT2D eigenvalue weighted by Gasteiger charge is -2.05. The van der Waals surface area contributed by atoms with Crippen molar-refractivity contribution >= 4 is 0 Å². The molecule has 0 aromatic carbocycles. The van der Waals surface area contributed by atoms with E-state index in [4.69, 9.17) is 4.74 Å². The van der Waals surface area contributed by atoms with Gasteiger partial charge in [0.05, 0.1) is 6.10 Å². The van der Waals surface area contributed by atoms with Gasteiger partial charge in [-0.3, -0.25) is 0 Å². The van der Waals surface area contributed by atoms with Crippen LogP contribution in [0, 0.1) is 0 Å². The lowest BCUT2D eigenvalue weighted by atomic mass is 10.2. The van der Waals surface area contributed by atoms with Crippen LogP contribution in [-0.4, -0.2) is 22.7 Å². The molecule has 0 atom stereocenters. The molecule has 1 N–H and O–H groups in total. The van der Waals surface area contributed by atoms with E-state index in [9.17, 15) is 0 Å². The number of nitrogens with one attached hydrogen (secondary N) is 1. The van der Waals surface area contributed by atoms with E-state index >= 15 is 0 Å². The molecule has 3 nitrogen and oxygen atoms in total. The molecule has 1 aromatic rings. The highest BCUT2D eigenvalue weighted by molar-refractivity contribution is 4.86. The van der Waals surface area contributed by atoms with Gasteiger partial charge in [0.2, 0.25) is 0 Å². The van der Waals surface area contributed by atoms with Gasteiger partial charge in [-0.1, -0.05) is 0 Å². The number of unbranched alkanes of at least 4 members (excludes halogenated alkanes) is 1. The molecule has 1 heterocycles. The number of imidazole rings is 1. The minimum absolute atomic E-state index is 0.351. The number of aromatic amines is 1. The molecule has 0 fully saturated rings. The van der Waals surface area contributed by atoms with E-state index in [1.54, 1.807) is 6.20 Å². The molecule has 0 aliphatic heterocycles. The van der Waals surface area contributed by atoms with E-state index in [1.807, 2.05) is 6.20 Å². The molecule has 1 rings (SSSR count). The highest BCUT2D eigenvalue weighted by Crippen LogP contribution is 2.00. The molecule has 0 aliphatic rings. The molecule has 0 bridgehead atoms. The molecule has 0 radical (unpaired) electrons. The molecule has 0 amide bonds. The van der Waals surface area contributed by atoms with Gasteiger partial charge in [0, 0.05) is 25.4 Å². The zero-order valence-electron chi connectivity index (χ0n) is 8.42. The smallest absolute Gasteiger partial charge is 0.105 e. The van der Waals surface area contributed by atoms with Crippen LogP contribution >= 0.6 is 0 Å². The van der Waals surface area contributed by atoms with Crippen molar-refractivity contribution in [2.45, 2.75) is 39.2 Å². The van der Waals surface area contributed by atoms with E-state index in [0.717, 1.165) is 31.7 Å². The second kappa shape index (κ2) is 5.75. The summed E-state index contributed by atoms with van der Waals surface area (Å²) in [6.07, 6.45) is 7.27. The van der Waals surface area contributed by atoms with Gasteiger partial charge in [-0.2, -0.15) is 0 Å². The van der Waals surface area contributed by atoms with Crippen LogP contribution in [-0.2, 0) is 11.2 Å². The molecule has 0 saturated carbocycles. The largest absolute Gasteiger partial charge is 0.379 e. The molecule has 0 aliphatic carbocycles. The first-order chi connectivity index (χ1) is 6.29. The van der Waals surface area contributed by atoms with Gasteiger partial charge in [0.1, 0.15) is 5.82 Å². The normalized spacial score (nSPS) is 11.0. The molecule has 0 spiro atoms. The summed E-state index contributed by atoms with van der Waals surface area (Å²) in [6.45, 7) is 4.98. The zero-order valence-corrected chi connectivity index (χ0v) is 8.42. The van der Waals surface area contributed by atoms with Crippen LogP contribution in [0.4, 0.5) is 0 Å². The SMILES string of the molecule is CC(C)OCCCCc1ncc[nH]1. The summed E-state index contributed by atoms with van der Waals surface area (Å²) in [6, 6.07) is 0. The summed E-state index contributed by atoms with van der Waals surface area (Å²) in [5.41, 5.74) is 0. The maximum absolute atomic E-state index is 5.43. The molecular formula is C10H18N2O. The van der Waals surface area contributed by atoms with E-state index < -0.39 is 0 Å². The van der Waals surface area contributed by atoms with Crippen LogP contribution in [0.3, 0.4) is 0 Å². The number of hydrogen-bond acceptors (Lipinski definition) is 2. The fourth-order valence-corrected chi connectivity index (χ4v) is 1.15. The lowest BCUT2D eigenvalue weighted by molar-refractivity contribution is 0.0760. The molecule has 3 heteroatoms. The van der Waals surface area contributed by atoms with Crippen LogP contribution < -0.4 is 0 Å². The van der Waals surface area contributed by atoms with Crippen LogP contribution in [0.15, 0.2) is 12.4 Å². The number of rotatable bonds is 6. The third-order valence-electron chi connectivity index (χ3n) is 1.81. The lowest BCUT2D eigenvalue weighted by Crippen LogP contribution is -2.04. The standard InChI is InChI=1S/C10H18N2O/c1-9(2)13-8-4-3-5-10-11-6-7-12-10/h6-7,9H,3-5,8H2,1-2H3,(H,11,12). The Bertz CT molecular complexity index is 207. The summed E-state index contributed by atoms with van der Waals surface area (Å²) >= 11 is 0. The summed E-state index contributed by atoms with van der Waals surface area (Å²) in [5, 5.41) is 0.